The fourth-order valence-electron chi connectivity index (χ4n) is 3.32. The van der Waals surface area contributed by atoms with Gasteiger partial charge in [0.25, 0.3) is 5.56 Å². The number of aryl methyl sites for hydroxylation is 1. The third-order valence-corrected chi connectivity index (χ3v) is 5.34. The van der Waals surface area contributed by atoms with Crippen LogP contribution in [0.25, 0.3) is 22.0 Å². The molecule has 1 heterocycles. The molecule has 0 amide bonds. The molecule has 0 aliphatic rings. The number of H-pyrrole nitrogens is 1. The fourth-order valence-corrected chi connectivity index (χ4v) is 3.59. The Morgan fingerprint density at radius 3 is 2.40 bits per heavy atom. The molecule has 0 aliphatic carbocycles. The summed E-state index contributed by atoms with van der Waals surface area (Å²) in [6.45, 7) is 1.87. The average Bonchev–Trinajstić information content (AvgIpc) is 2.72. The van der Waals surface area contributed by atoms with Crippen molar-refractivity contribution in [2.45, 2.75) is 6.92 Å². The second-order valence-electron chi connectivity index (χ2n) is 7.32. The lowest BCUT2D eigenvalue weighted by atomic mass is 10.0. The van der Waals surface area contributed by atoms with Crippen molar-refractivity contribution in [1.82, 2.24) is 4.98 Å². The minimum absolute atomic E-state index is 0.145. The number of aromatic nitrogens is 1. The van der Waals surface area contributed by atoms with Gasteiger partial charge in [-0.1, -0.05) is 41.9 Å². The lowest BCUT2D eigenvalue weighted by molar-refractivity contribution is 0.409. The van der Waals surface area contributed by atoms with E-state index in [1.165, 1.54) is 0 Å². The molecule has 5 nitrogen and oxygen atoms in total. The first kappa shape index (κ1) is 19.9. The molecule has 0 saturated heterocycles. The van der Waals surface area contributed by atoms with E-state index < -0.39 is 5.56 Å². The number of benzene rings is 3. The topological polar surface area (TPSA) is 65.6 Å². The van der Waals surface area contributed by atoms with E-state index in [1.807, 2.05) is 68.4 Å². The molecule has 152 valence electrons. The van der Waals surface area contributed by atoms with Crippen LogP contribution in [-0.2, 0) is 0 Å². The summed E-state index contributed by atoms with van der Waals surface area (Å²) in [6.07, 6.45) is 0. The molecule has 1 aromatic heterocycles. The second kappa shape index (κ2) is 7.76. The molecule has 0 spiro atoms. The maximum Gasteiger partial charge on any atom is 0.295 e. The third kappa shape index (κ3) is 3.60. The number of para-hydroxylation sites is 1. The van der Waals surface area contributed by atoms with E-state index in [0.29, 0.717) is 21.7 Å². The average molecular weight is 421 g/mol. The molecule has 2 N–H and O–H groups in total. The largest absolute Gasteiger partial charge is 0.504 e. The monoisotopic (exact) mass is 420 g/mol. The van der Waals surface area contributed by atoms with Crippen LogP contribution in [0.3, 0.4) is 0 Å². The molecule has 0 saturated carbocycles. The zero-order valence-electron chi connectivity index (χ0n) is 16.9. The lowest BCUT2D eigenvalue weighted by Crippen LogP contribution is -2.09. The van der Waals surface area contributed by atoms with Crippen LogP contribution in [-0.4, -0.2) is 24.2 Å². The normalized spacial score (nSPS) is 10.9. The minimum Gasteiger partial charge on any atom is -0.504 e. The van der Waals surface area contributed by atoms with Crippen LogP contribution in [0.1, 0.15) is 5.56 Å². The Morgan fingerprint density at radius 1 is 1.03 bits per heavy atom. The van der Waals surface area contributed by atoms with E-state index >= 15 is 0 Å². The van der Waals surface area contributed by atoms with Gasteiger partial charge in [0.1, 0.15) is 5.75 Å². The molecule has 0 aliphatic heterocycles. The van der Waals surface area contributed by atoms with Gasteiger partial charge in [0.2, 0.25) is 5.75 Å². The van der Waals surface area contributed by atoms with E-state index in [-0.39, 0.29) is 11.5 Å². The number of aromatic hydroxyl groups is 1. The standard InChI is InChI=1S/C24H21ClN2O3/c1-14-6-4-5-7-21(14)30-23-22(28)18-12-17(19(25)13-20(18)26-24(23)29)15-8-10-16(11-9-15)27(2)3/h4-13H,1-3H3,(H2,26,28,29). The first-order chi connectivity index (χ1) is 14.3. The zero-order valence-corrected chi connectivity index (χ0v) is 17.6. The van der Waals surface area contributed by atoms with Crippen LogP contribution < -0.4 is 15.2 Å². The predicted octanol–water partition coefficient (Wildman–Crippen LogP) is 5.72. The summed E-state index contributed by atoms with van der Waals surface area (Å²) >= 11 is 6.49. The number of nitrogens with one attached hydrogen (secondary N) is 1. The van der Waals surface area contributed by atoms with E-state index in [4.69, 9.17) is 16.3 Å². The van der Waals surface area contributed by atoms with Crippen LogP contribution >= 0.6 is 11.6 Å². The Labute approximate surface area is 179 Å². The molecule has 0 atom stereocenters. The quantitative estimate of drug-likeness (QED) is 0.443. The molecule has 0 fully saturated rings. The number of ether oxygens (including phenoxy) is 1. The maximum atomic E-state index is 12.5. The summed E-state index contributed by atoms with van der Waals surface area (Å²) in [5, 5.41) is 11.8. The van der Waals surface area contributed by atoms with Crippen molar-refractivity contribution < 1.29 is 9.84 Å². The van der Waals surface area contributed by atoms with Crippen LogP contribution in [0, 0.1) is 6.92 Å². The molecule has 6 heteroatoms. The molecule has 0 unspecified atom stereocenters. The highest BCUT2D eigenvalue weighted by Crippen LogP contribution is 2.39. The summed E-state index contributed by atoms with van der Waals surface area (Å²) in [4.78, 5) is 17.3. The Kier molecular flexibility index (Phi) is 5.14. The predicted molar refractivity (Wildman–Crippen MR) is 122 cm³/mol. The van der Waals surface area contributed by atoms with Gasteiger partial charge in [-0.05, 0) is 48.4 Å². The number of halogens is 1. The Bertz CT molecular complexity index is 1290. The number of pyridine rings is 1. The highest BCUT2D eigenvalue weighted by atomic mass is 35.5. The number of anilines is 1. The summed E-state index contributed by atoms with van der Waals surface area (Å²) < 4.78 is 5.76. The summed E-state index contributed by atoms with van der Waals surface area (Å²) in [5.74, 6) is 0.138. The first-order valence-corrected chi connectivity index (χ1v) is 9.82. The van der Waals surface area contributed by atoms with Crippen molar-refractivity contribution in [2.24, 2.45) is 0 Å². The van der Waals surface area contributed by atoms with E-state index in [9.17, 15) is 9.90 Å². The molecule has 0 radical (unpaired) electrons. The molecular weight excluding hydrogens is 400 g/mol. The van der Waals surface area contributed by atoms with Crippen molar-refractivity contribution >= 4 is 28.2 Å². The molecule has 3 aromatic carbocycles. The summed E-state index contributed by atoms with van der Waals surface area (Å²) in [5.41, 5.74) is 3.49. The van der Waals surface area contributed by atoms with Crippen molar-refractivity contribution in [2.75, 3.05) is 19.0 Å². The van der Waals surface area contributed by atoms with Crippen LogP contribution in [0.2, 0.25) is 5.02 Å². The molecule has 30 heavy (non-hydrogen) atoms. The zero-order chi connectivity index (χ0) is 21.4. The third-order valence-electron chi connectivity index (χ3n) is 5.03. The van der Waals surface area contributed by atoms with E-state index in [2.05, 4.69) is 4.98 Å². The first-order valence-electron chi connectivity index (χ1n) is 9.45. The molecule has 4 aromatic rings. The lowest BCUT2D eigenvalue weighted by Gasteiger charge is -2.14. The fraction of sp³-hybridized carbons (Fsp3) is 0.125. The van der Waals surface area contributed by atoms with E-state index in [0.717, 1.165) is 22.4 Å². The smallest absolute Gasteiger partial charge is 0.295 e. The van der Waals surface area contributed by atoms with Gasteiger partial charge >= 0.3 is 0 Å². The highest BCUT2D eigenvalue weighted by molar-refractivity contribution is 6.34. The van der Waals surface area contributed by atoms with Crippen LogP contribution in [0.5, 0.6) is 17.2 Å². The molecule has 0 bridgehead atoms. The van der Waals surface area contributed by atoms with Gasteiger partial charge < -0.3 is 19.7 Å². The van der Waals surface area contributed by atoms with Crippen molar-refractivity contribution in [1.29, 1.82) is 0 Å². The Morgan fingerprint density at radius 2 is 1.73 bits per heavy atom. The van der Waals surface area contributed by atoms with Gasteiger partial charge in [-0.2, -0.15) is 0 Å². The Hall–Kier alpha value is -3.44. The number of rotatable bonds is 4. The van der Waals surface area contributed by atoms with Gasteiger partial charge in [0.05, 0.1) is 10.5 Å². The van der Waals surface area contributed by atoms with Crippen molar-refractivity contribution in [3.8, 4) is 28.4 Å². The number of hydrogen-bond acceptors (Lipinski definition) is 4. The van der Waals surface area contributed by atoms with Crippen molar-refractivity contribution in [3.63, 3.8) is 0 Å². The highest BCUT2D eigenvalue weighted by Gasteiger charge is 2.17. The van der Waals surface area contributed by atoms with Crippen LogP contribution in [0.4, 0.5) is 5.69 Å². The Balaban J connectivity index is 1.84. The van der Waals surface area contributed by atoms with Gasteiger partial charge in [-0.15, -0.1) is 0 Å². The number of hydrogen-bond donors (Lipinski definition) is 2. The van der Waals surface area contributed by atoms with Crippen LogP contribution in [0.15, 0.2) is 65.5 Å². The van der Waals surface area contributed by atoms with Gasteiger partial charge in [0, 0.05) is 30.7 Å². The van der Waals surface area contributed by atoms with Crippen molar-refractivity contribution in [3.05, 3.63) is 81.6 Å². The number of fused-ring (bicyclic) bond motifs is 1. The number of nitrogens with zero attached hydrogens (tertiary/aromatic N) is 1. The van der Waals surface area contributed by atoms with Gasteiger partial charge in [-0.3, -0.25) is 4.79 Å². The van der Waals surface area contributed by atoms with Gasteiger partial charge in [0.15, 0.2) is 5.75 Å². The minimum atomic E-state index is -0.526. The maximum absolute atomic E-state index is 12.5. The van der Waals surface area contributed by atoms with E-state index in [1.54, 1.807) is 18.2 Å². The van der Waals surface area contributed by atoms with Gasteiger partial charge in [-0.25, -0.2) is 0 Å². The molecular formula is C24H21ClN2O3. The second-order valence-corrected chi connectivity index (χ2v) is 7.73. The molecule has 4 rings (SSSR count). The summed E-state index contributed by atoms with van der Waals surface area (Å²) in [7, 11) is 3.95. The summed E-state index contributed by atoms with van der Waals surface area (Å²) in [6, 6.07) is 18.6. The number of aromatic amines is 1. The SMILES string of the molecule is Cc1ccccc1Oc1c(O)c2cc(-c3ccc(N(C)C)cc3)c(Cl)cc2[nH]c1=O.